The lowest BCUT2D eigenvalue weighted by molar-refractivity contribution is -0.0784. The Balaban J connectivity index is 2.21. The number of rotatable bonds is 4. The lowest BCUT2D eigenvalue weighted by atomic mass is 9.93. The van der Waals surface area contributed by atoms with E-state index >= 15 is 0 Å². The van der Waals surface area contributed by atoms with Gasteiger partial charge in [0.25, 0.3) is 0 Å². The smallest absolute Gasteiger partial charge is 0.227 e. The molecule has 3 rings (SSSR count). The highest BCUT2D eigenvalue weighted by molar-refractivity contribution is 6.15. The molecule has 0 saturated heterocycles. The molecule has 142 valence electrons. The van der Waals surface area contributed by atoms with Gasteiger partial charge in [0.15, 0.2) is 0 Å². The third kappa shape index (κ3) is 3.55. The molecule has 27 heavy (non-hydrogen) atoms. The van der Waals surface area contributed by atoms with Gasteiger partial charge in [-0.05, 0) is 63.4 Å². The van der Waals surface area contributed by atoms with Crippen LogP contribution >= 0.6 is 0 Å². The molecule has 5 heteroatoms. The van der Waals surface area contributed by atoms with Gasteiger partial charge >= 0.3 is 0 Å². The number of aryl methyl sites for hydroxylation is 1. The average Bonchev–Trinajstić information content (AvgIpc) is 2.70. The number of carbonyl (C=O) groups excluding carboxylic acids is 1. The fraction of sp³-hybridized carbons (Fsp3) is 0.318. The first kappa shape index (κ1) is 19.0. The zero-order valence-corrected chi connectivity index (χ0v) is 16.0. The van der Waals surface area contributed by atoms with Gasteiger partial charge in [-0.3, -0.25) is 4.79 Å². The van der Waals surface area contributed by atoms with Gasteiger partial charge in [0.1, 0.15) is 22.8 Å². The lowest BCUT2D eigenvalue weighted by Gasteiger charge is -2.19. The van der Waals surface area contributed by atoms with Crippen LogP contribution in [0.2, 0.25) is 0 Å². The summed E-state index contributed by atoms with van der Waals surface area (Å²) >= 11 is 0. The standard InChI is InChI=1S/C22H24O5/c1-5-26-22-15-10-13(4)11-16(23)18(15)21(25)19-17(27-22)9-8-14(20(19)24)7-6-12(2)3/h6,8-11,22-24H,5,7H2,1-4H3/t22-/m1/s1. The number of hydrogen-bond acceptors (Lipinski definition) is 5. The van der Waals surface area contributed by atoms with Gasteiger partial charge < -0.3 is 19.7 Å². The number of allylic oxidation sites excluding steroid dienone is 2. The fourth-order valence-corrected chi connectivity index (χ4v) is 3.22. The molecule has 1 heterocycles. The summed E-state index contributed by atoms with van der Waals surface area (Å²) in [5.41, 5.74) is 3.13. The van der Waals surface area contributed by atoms with Gasteiger partial charge in [0, 0.05) is 12.2 Å². The number of hydrogen-bond donors (Lipinski definition) is 2. The van der Waals surface area contributed by atoms with E-state index in [-0.39, 0.29) is 28.4 Å². The van der Waals surface area contributed by atoms with Crippen molar-refractivity contribution in [3.8, 4) is 17.2 Å². The van der Waals surface area contributed by atoms with Crippen LogP contribution in [0.15, 0.2) is 35.9 Å². The molecule has 0 spiro atoms. The SMILES string of the molecule is CCO[C@@H]1Oc2ccc(CC=C(C)C)c(O)c2C(=O)c2c(O)cc(C)cc21. The first-order valence-electron chi connectivity index (χ1n) is 8.98. The monoisotopic (exact) mass is 368 g/mol. The lowest BCUT2D eigenvalue weighted by Crippen LogP contribution is -2.13. The van der Waals surface area contributed by atoms with Crippen molar-refractivity contribution in [2.45, 2.75) is 40.4 Å². The van der Waals surface area contributed by atoms with E-state index in [0.717, 1.165) is 11.1 Å². The van der Waals surface area contributed by atoms with E-state index in [2.05, 4.69) is 0 Å². The van der Waals surface area contributed by atoms with Crippen LogP contribution in [0, 0.1) is 6.92 Å². The van der Waals surface area contributed by atoms with E-state index in [4.69, 9.17) is 9.47 Å². The highest BCUT2D eigenvalue weighted by atomic mass is 16.7. The predicted molar refractivity (Wildman–Crippen MR) is 103 cm³/mol. The maximum absolute atomic E-state index is 13.3. The summed E-state index contributed by atoms with van der Waals surface area (Å²) in [5, 5.41) is 21.2. The Morgan fingerprint density at radius 2 is 1.96 bits per heavy atom. The quantitative estimate of drug-likeness (QED) is 0.773. The first-order valence-corrected chi connectivity index (χ1v) is 8.98. The van der Waals surface area contributed by atoms with Gasteiger partial charge in [-0.15, -0.1) is 0 Å². The van der Waals surface area contributed by atoms with Gasteiger partial charge in [0.2, 0.25) is 12.1 Å². The topological polar surface area (TPSA) is 76.0 Å². The zero-order chi connectivity index (χ0) is 19.7. The van der Waals surface area contributed by atoms with Crippen LogP contribution in [0.1, 0.15) is 59.7 Å². The summed E-state index contributed by atoms with van der Waals surface area (Å²) in [4.78, 5) is 13.3. The summed E-state index contributed by atoms with van der Waals surface area (Å²) in [5.74, 6) is -0.510. The maximum atomic E-state index is 13.3. The summed E-state index contributed by atoms with van der Waals surface area (Å²) in [7, 11) is 0. The minimum atomic E-state index is -0.843. The molecule has 0 unspecified atom stereocenters. The fourth-order valence-electron chi connectivity index (χ4n) is 3.22. The first-order chi connectivity index (χ1) is 12.8. The number of ether oxygens (including phenoxy) is 2. The number of aromatic hydroxyl groups is 2. The molecular formula is C22H24O5. The normalized spacial score (nSPS) is 15.4. The largest absolute Gasteiger partial charge is 0.507 e. The Labute approximate surface area is 158 Å². The van der Waals surface area contributed by atoms with Gasteiger partial charge in [-0.2, -0.15) is 0 Å². The molecule has 1 aliphatic heterocycles. The molecule has 2 aromatic carbocycles. The van der Waals surface area contributed by atoms with Crippen LogP contribution in [-0.2, 0) is 11.2 Å². The van der Waals surface area contributed by atoms with E-state index in [1.807, 2.05) is 33.8 Å². The molecule has 0 radical (unpaired) electrons. The Morgan fingerprint density at radius 1 is 1.22 bits per heavy atom. The summed E-state index contributed by atoms with van der Waals surface area (Å²) in [6, 6.07) is 6.70. The predicted octanol–water partition coefficient (Wildman–Crippen LogP) is 4.57. The molecule has 2 aromatic rings. The Morgan fingerprint density at radius 3 is 2.63 bits per heavy atom. The van der Waals surface area contributed by atoms with Crippen molar-refractivity contribution in [1.29, 1.82) is 0 Å². The van der Waals surface area contributed by atoms with Gasteiger partial charge in [0.05, 0.1) is 5.56 Å². The molecule has 2 N–H and O–H groups in total. The number of carbonyl (C=O) groups is 1. The third-order valence-electron chi connectivity index (χ3n) is 4.51. The summed E-state index contributed by atoms with van der Waals surface area (Å²) < 4.78 is 11.6. The molecule has 0 amide bonds. The molecule has 0 aliphatic carbocycles. The summed E-state index contributed by atoms with van der Waals surface area (Å²) in [6.07, 6.45) is 1.63. The zero-order valence-electron chi connectivity index (χ0n) is 16.0. The van der Waals surface area contributed by atoms with Crippen molar-refractivity contribution < 1.29 is 24.5 Å². The van der Waals surface area contributed by atoms with E-state index < -0.39 is 12.1 Å². The van der Waals surface area contributed by atoms with Crippen molar-refractivity contribution in [3.05, 3.63) is 63.7 Å². The van der Waals surface area contributed by atoms with Crippen LogP contribution in [0.25, 0.3) is 0 Å². The maximum Gasteiger partial charge on any atom is 0.227 e. The number of phenolic OH excluding ortho intramolecular Hbond substituents is 2. The van der Waals surface area contributed by atoms with Crippen molar-refractivity contribution in [3.63, 3.8) is 0 Å². The Kier molecular flexibility index (Phi) is 5.24. The molecule has 1 atom stereocenters. The highest BCUT2D eigenvalue weighted by Gasteiger charge is 2.34. The second-order valence-corrected chi connectivity index (χ2v) is 6.91. The molecule has 0 fully saturated rings. The average molecular weight is 368 g/mol. The molecule has 1 aliphatic rings. The number of benzene rings is 2. The van der Waals surface area contributed by atoms with E-state index in [1.54, 1.807) is 18.2 Å². The van der Waals surface area contributed by atoms with Crippen molar-refractivity contribution in [1.82, 2.24) is 0 Å². The molecular weight excluding hydrogens is 344 g/mol. The number of ketones is 1. The van der Waals surface area contributed by atoms with E-state index in [0.29, 0.717) is 24.2 Å². The van der Waals surface area contributed by atoms with Crippen molar-refractivity contribution in [2.75, 3.05) is 6.61 Å². The second-order valence-electron chi connectivity index (χ2n) is 6.91. The van der Waals surface area contributed by atoms with Crippen LogP contribution in [0.5, 0.6) is 17.2 Å². The molecule has 5 nitrogen and oxygen atoms in total. The van der Waals surface area contributed by atoms with Crippen LogP contribution in [0.4, 0.5) is 0 Å². The van der Waals surface area contributed by atoms with Crippen LogP contribution < -0.4 is 4.74 Å². The molecule has 0 bridgehead atoms. The van der Waals surface area contributed by atoms with Crippen LogP contribution in [0.3, 0.4) is 0 Å². The van der Waals surface area contributed by atoms with Gasteiger partial charge in [-0.1, -0.05) is 17.7 Å². The Bertz CT molecular complexity index is 923. The van der Waals surface area contributed by atoms with Crippen molar-refractivity contribution >= 4 is 5.78 Å². The molecule has 0 aromatic heterocycles. The van der Waals surface area contributed by atoms with E-state index in [1.165, 1.54) is 6.07 Å². The Hall–Kier alpha value is -2.79. The third-order valence-corrected chi connectivity index (χ3v) is 4.51. The number of phenols is 2. The van der Waals surface area contributed by atoms with E-state index in [9.17, 15) is 15.0 Å². The molecule has 0 saturated carbocycles. The number of fused-ring (bicyclic) bond motifs is 2. The summed E-state index contributed by atoms with van der Waals surface area (Å²) in [6.45, 7) is 7.95. The van der Waals surface area contributed by atoms with Gasteiger partial charge in [-0.25, -0.2) is 0 Å². The highest BCUT2D eigenvalue weighted by Crippen LogP contribution is 2.43. The van der Waals surface area contributed by atoms with Crippen molar-refractivity contribution in [2.24, 2.45) is 0 Å². The minimum Gasteiger partial charge on any atom is -0.507 e. The van der Waals surface area contributed by atoms with Crippen LogP contribution in [-0.4, -0.2) is 22.6 Å². The minimum absolute atomic E-state index is 0.0530. The second kappa shape index (κ2) is 7.45.